The Labute approximate surface area is 403 Å². The van der Waals surface area contributed by atoms with Gasteiger partial charge in [0.05, 0.1) is 17.1 Å². The molecule has 2 rings (SSSR count). The van der Waals surface area contributed by atoms with Gasteiger partial charge in [-0.2, -0.15) is 0 Å². The maximum Gasteiger partial charge on any atom is 0.326 e. The molecule has 27 heteroatoms. The molecule has 2 aromatic carbocycles. The number of para-hydroxylation sites is 1. The van der Waals surface area contributed by atoms with Crippen LogP contribution in [0.3, 0.4) is 0 Å². The molecule has 0 aliphatic heterocycles. The number of aliphatic hydroxyl groups is 1. The summed E-state index contributed by atoms with van der Waals surface area (Å²) in [5.74, 6) is -8.01. The molecular weight excluding hydrogens is 919 g/mol. The van der Waals surface area contributed by atoms with Crippen molar-refractivity contribution in [3.63, 3.8) is 0 Å². The van der Waals surface area contributed by atoms with Crippen LogP contribution < -0.4 is 66.3 Å². The van der Waals surface area contributed by atoms with Gasteiger partial charge in [0, 0.05) is 31.3 Å². The number of phenolic OH excluding ortho intramolecular Hbond substituents is 1. The number of hydrogen-bond acceptors (Lipinski definition) is 15. The second kappa shape index (κ2) is 30.5. The van der Waals surface area contributed by atoms with Crippen molar-refractivity contribution in [2.45, 2.75) is 114 Å². The van der Waals surface area contributed by atoms with Crippen molar-refractivity contribution in [3.8, 4) is 5.75 Å². The number of benzene rings is 2. The maximum absolute atomic E-state index is 14.2. The van der Waals surface area contributed by atoms with Crippen molar-refractivity contribution in [1.82, 2.24) is 31.9 Å². The van der Waals surface area contributed by atoms with E-state index in [1.165, 1.54) is 18.2 Å². The number of phenols is 1. The Balaban J connectivity index is 2.42. The lowest BCUT2D eigenvalue weighted by molar-refractivity contribution is -0.385. The number of carboxylic acid groups (broad SMARTS) is 1. The Morgan fingerprint density at radius 2 is 1.11 bits per heavy atom. The number of guanidine groups is 2. The third kappa shape index (κ3) is 20.6. The number of aliphatic hydroxyl groups excluding tert-OH is 1. The Hall–Kier alpha value is -7.81. The van der Waals surface area contributed by atoms with Gasteiger partial charge in [-0.05, 0) is 81.7 Å². The number of aliphatic carboxylic acids is 1. The molecule has 21 N–H and O–H groups in total. The Morgan fingerprint density at radius 3 is 1.57 bits per heavy atom. The number of nitrogens with one attached hydrogen (secondary N) is 6. The fraction of sp³-hybridized carbons (Fsp3) is 0.512. The van der Waals surface area contributed by atoms with Crippen molar-refractivity contribution in [3.05, 3.63) is 63.7 Å². The van der Waals surface area contributed by atoms with Gasteiger partial charge in [-0.1, -0.05) is 38.0 Å². The van der Waals surface area contributed by atoms with E-state index in [1.807, 2.05) is 6.92 Å². The first kappa shape index (κ1) is 58.3. The summed E-state index contributed by atoms with van der Waals surface area (Å²) in [5.41, 5.74) is 33.3. The maximum atomic E-state index is 14.2. The number of aliphatic imine (C=N–C) groups is 2. The number of nitro groups is 1. The Bertz CT molecular complexity index is 2170. The number of carbonyl (C=O) groups is 7. The summed E-state index contributed by atoms with van der Waals surface area (Å²) in [5, 5.41) is 56.2. The minimum Gasteiger partial charge on any atom is -0.502 e. The van der Waals surface area contributed by atoms with Crippen molar-refractivity contribution < 1.29 is 53.8 Å². The van der Waals surface area contributed by atoms with Crippen LogP contribution in [0, 0.1) is 10.1 Å². The second-order valence-corrected chi connectivity index (χ2v) is 16.0. The van der Waals surface area contributed by atoms with E-state index >= 15 is 0 Å². The fourth-order valence-electron chi connectivity index (χ4n) is 6.76. The number of nitrogen functional groups attached to an aromatic ring is 1. The average molecular weight is 986 g/mol. The van der Waals surface area contributed by atoms with E-state index in [1.54, 1.807) is 12.1 Å². The lowest BCUT2D eigenvalue weighted by atomic mass is 10.0. The molecule has 0 bridgehead atoms. The van der Waals surface area contributed by atoms with Crippen molar-refractivity contribution in [2.75, 3.05) is 32.0 Å². The molecule has 0 aliphatic rings. The fourth-order valence-corrected chi connectivity index (χ4v) is 6.76. The molecule has 6 amide bonds. The van der Waals surface area contributed by atoms with Gasteiger partial charge in [0.1, 0.15) is 36.3 Å². The van der Waals surface area contributed by atoms with Crippen LogP contribution in [-0.4, -0.2) is 136 Å². The highest BCUT2D eigenvalue weighted by molar-refractivity contribution is 6.02. The first-order valence-corrected chi connectivity index (χ1v) is 22.5. The van der Waals surface area contributed by atoms with E-state index in [9.17, 15) is 59.0 Å². The van der Waals surface area contributed by atoms with Crippen molar-refractivity contribution in [2.24, 2.45) is 38.7 Å². The van der Waals surface area contributed by atoms with Crippen LogP contribution in [0.4, 0.5) is 11.4 Å². The first-order chi connectivity index (χ1) is 33.2. The second-order valence-electron chi connectivity index (χ2n) is 16.0. The van der Waals surface area contributed by atoms with Crippen LogP contribution >= 0.6 is 0 Å². The van der Waals surface area contributed by atoms with Crippen molar-refractivity contribution >= 4 is 64.7 Å². The number of nitrogens with two attached hydrogens (primary N) is 6. The molecule has 0 heterocycles. The van der Waals surface area contributed by atoms with Gasteiger partial charge in [-0.3, -0.25) is 48.9 Å². The highest BCUT2D eigenvalue weighted by Crippen LogP contribution is 2.27. The zero-order chi connectivity index (χ0) is 52.3. The van der Waals surface area contributed by atoms with E-state index in [4.69, 9.17) is 34.4 Å². The SMILES string of the molecule is CCCCC(NC(=O)c1ccccc1N)C(=O)NC(CCCCN)C(=O)NC(CCCN=C(N)N)C(=O)NC(CCCN=C(N)N)C(=O)NC(CO)C(=O)NC(Cc1ccc(O)c([N+](=O)[O-])c1)C(=O)O. The molecule has 0 fully saturated rings. The molecular formula is C43H67N15O12. The van der Waals surface area contributed by atoms with Crippen LogP contribution in [0.5, 0.6) is 5.75 Å². The van der Waals surface area contributed by atoms with Gasteiger partial charge in [0.25, 0.3) is 5.91 Å². The molecule has 0 aromatic heterocycles. The average Bonchev–Trinajstić information content (AvgIpc) is 3.30. The van der Waals surface area contributed by atoms with E-state index in [-0.39, 0.29) is 86.9 Å². The number of aromatic hydroxyl groups is 1. The van der Waals surface area contributed by atoms with Crippen molar-refractivity contribution in [1.29, 1.82) is 0 Å². The molecule has 6 atom stereocenters. The van der Waals surface area contributed by atoms with Gasteiger partial charge >= 0.3 is 11.7 Å². The third-order valence-electron chi connectivity index (χ3n) is 10.5. The summed E-state index contributed by atoms with van der Waals surface area (Å²) in [6.07, 6.45) is 1.70. The lowest BCUT2D eigenvalue weighted by Crippen LogP contribution is -2.60. The topological polar surface area (TPSA) is 476 Å². The summed E-state index contributed by atoms with van der Waals surface area (Å²) >= 11 is 0. The molecule has 0 spiro atoms. The molecule has 386 valence electrons. The Kier molecular flexibility index (Phi) is 25.4. The van der Waals surface area contributed by atoms with Gasteiger partial charge in [-0.25, -0.2) is 4.79 Å². The summed E-state index contributed by atoms with van der Waals surface area (Å²) < 4.78 is 0. The number of unbranched alkanes of at least 4 members (excludes halogenated alkanes) is 2. The third-order valence-corrected chi connectivity index (χ3v) is 10.5. The molecule has 0 radical (unpaired) electrons. The molecule has 2 aromatic rings. The normalized spacial score (nSPS) is 13.4. The number of carboxylic acids is 1. The minimum atomic E-state index is -1.80. The smallest absolute Gasteiger partial charge is 0.326 e. The van der Waals surface area contributed by atoms with Gasteiger partial charge in [0.2, 0.25) is 29.5 Å². The van der Waals surface area contributed by atoms with Crippen LogP contribution in [-0.2, 0) is 35.2 Å². The van der Waals surface area contributed by atoms with Gasteiger partial charge < -0.3 is 81.6 Å². The zero-order valence-corrected chi connectivity index (χ0v) is 38.9. The van der Waals surface area contributed by atoms with E-state index in [2.05, 4.69) is 41.9 Å². The van der Waals surface area contributed by atoms with Crippen LogP contribution in [0.25, 0.3) is 0 Å². The number of nitrogens with zero attached hydrogens (tertiary/aromatic N) is 3. The van der Waals surface area contributed by atoms with Crippen LogP contribution in [0.1, 0.15) is 87.1 Å². The summed E-state index contributed by atoms with van der Waals surface area (Å²) in [6, 6.07) is 0.601. The highest BCUT2D eigenvalue weighted by atomic mass is 16.6. The standard InChI is InChI=1S/C43H67N15O12/c1-2-3-12-27(52-35(61)25-10-4-5-11-26(25)45)36(62)53-28(13-6-7-18-44)37(63)54-29(14-8-19-50-42(46)47)38(64)55-30(15-9-20-51-43(48)49)39(65)57-32(23-59)40(66)56-31(41(67)68)21-24-16-17-34(60)33(22-24)58(69)70/h4-5,10-11,16-17,22,27-32,59-60H,2-3,6-9,12-15,18-21,23,44-45H2,1H3,(H,52,61)(H,53,62)(H,54,63)(H,55,64)(H,56,66)(H,57,65)(H,67,68)(H4,46,47,50)(H4,48,49,51). The molecule has 0 saturated heterocycles. The first-order valence-electron chi connectivity index (χ1n) is 22.5. The summed E-state index contributed by atoms with van der Waals surface area (Å²) in [4.78, 5) is 113. The lowest BCUT2D eigenvalue weighted by Gasteiger charge is -2.27. The van der Waals surface area contributed by atoms with Crippen LogP contribution in [0.2, 0.25) is 0 Å². The quantitative estimate of drug-likeness (QED) is 0.00876. The number of carbonyl (C=O) groups excluding carboxylic acids is 6. The predicted molar refractivity (Wildman–Crippen MR) is 257 cm³/mol. The molecule has 27 nitrogen and oxygen atoms in total. The number of nitro benzene ring substituents is 1. The van der Waals surface area contributed by atoms with Gasteiger partial charge in [0.15, 0.2) is 17.7 Å². The largest absolute Gasteiger partial charge is 0.502 e. The summed E-state index contributed by atoms with van der Waals surface area (Å²) in [7, 11) is 0. The number of amides is 6. The monoisotopic (exact) mass is 986 g/mol. The van der Waals surface area contributed by atoms with E-state index in [0.717, 1.165) is 12.1 Å². The van der Waals surface area contributed by atoms with Crippen LogP contribution in [0.15, 0.2) is 52.4 Å². The van der Waals surface area contributed by atoms with E-state index < -0.39 is 107 Å². The summed E-state index contributed by atoms with van der Waals surface area (Å²) in [6.45, 7) is 1.09. The molecule has 0 saturated carbocycles. The minimum absolute atomic E-state index is 0.0140. The highest BCUT2D eigenvalue weighted by Gasteiger charge is 2.33. The zero-order valence-electron chi connectivity index (χ0n) is 38.9. The molecule has 70 heavy (non-hydrogen) atoms. The van der Waals surface area contributed by atoms with Gasteiger partial charge in [-0.15, -0.1) is 0 Å². The van der Waals surface area contributed by atoms with E-state index in [0.29, 0.717) is 25.7 Å². The molecule has 0 aliphatic carbocycles. The predicted octanol–water partition coefficient (Wildman–Crippen LogP) is -2.85. The molecule has 6 unspecified atom stereocenters. The number of anilines is 1. The number of hydrogen-bond donors (Lipinski definition) is 15. The Morgan fingerprint density at radius 1 is 0.657 bits per heavy atom. The number of rotatable bonds is 32.